The number of anilines is 2. The topological polar surface area (TPSA) is 95.7 Å². The second-order valence-corrected chi connectivity index (χ2v) is 12.6. The van der Waals surface area contributed by atoms with Crippen LogP contribution in [0.5, 0.6) is 0 Å². The maximum atomic E-state index is 14.0. The van der Waals surface area contributed by atoms with Crippen LogP contribution in [0.2, 0.25) is 10.0 Å². The fourth-order valence-corrected chi connectivity index (χ4v) is 7.13. The van der Waals surface area contributed by atoms with E-state index in [1.165, 1.54) is 20.0 Å². The summed E-state index contributed by atoms with van der Waals surface area (Å²) in [6.45, 7) is 1.88. The zero-order chi connectivity index (χ0) is 25.1. The molecule has 2 aromatic carbocycles. The Morgan fingerprint density at radius 1 is 1.17 bits per heavy atom. The monoisotopic (exact) mass is 598 g/mol. The highest BCUT2D eigenvalue weighted by molar-refractivity contribution is 9.10. The van der Waals surface area contributed by atoms with Crippen molar-refractivity contribution in [3.8, 4) is 0 Å². The van der Waals surface area contributed by atoms with E-state index < -0.39 is 21.7 Å². The first-order chi connectivity index (χ1) is 16.5. The Bertz CT molecular complexity index is 1410. The molecular weight excluding hydrogens is 579 g/mol. The number of β-amino-alcohol motifs (C(OH)–C–C–N with tert-alkyl or cyclic N) is 1. The molecule has 0 aliphatic carbocycles. The van der Waals surface area contributed by atoms with Gasteiger partial charge in [0.25, 0.3) is 15.9 Å². The molecule has 35 heavy (non-hydrogen) atoms. The Balaban J connectivity index is 1.68. The van der Waals surface area contributed by atoms with Crippen LogP contribution in [-0.2, 0) is 26.8 Å². The third-order valence-electron chi connectivity index (χ3n) is 6.37. The summed E-state index contributed by atoms with van der Waals surface area (Å²) in [5.41, 5.74) is -0.0797. The van der Waals surface area contributed by atoms with Crippen LogP contribution < -0.4 is 4.90 Å². The second kappa shape index (κ2) is 8.86. The van der Waals surface area contributed by atoms with E-state index in [1.807, 2.05) is 24.3 Å². The van der Waals surface area contributed by atoms with Gasteiger partial charge in [0.1, 0.15) is 5.54 Å². The van der Waals surface area contributed by atoms with Gasteiger partial charge >= 0.3 is 0 Å². The predicted molar refractivity (Wildman–Crippen MR) is 137 cm³/mol. The van der Waals surface area contributed by atoms with Crippen molar-refractivity contribution in [2.45, 2.75) is 36.4 Å². The number of carbonyl (C=O) groups excluding carboxylic acids is 1. The SMILES string of the molecule is CC1(Cc2ccc(Br)cc2)C(=O)N(c2cc(Cl)cc(Cl)c2)c2ncc(S(=O)(=O)N3CCC(O)C3)n21. The molecule has 1 N–H and O–H groups in total. The Kier molecular flexibility index (Phi) is 6.26. The van der Waals surface area contributed by atoms with Gasteiger partial charge in [0.05, 0.1) is 18.0 Å². The van der Waals surface area contributed by atoms with Crippen molar-refractivity contribution in [3.05, 3.63) is 68.7 Å². The molecule has 1 amide bonds. The van der Waals surface area contributed by atoms with E-state index in [0.717, 1.165) is 10.0 Å². The number of nitrogens with zero attached hydrogens (tertiary/aromatic N) is 4. The lowest BCUT2D eigenvalue weighted by Gasteiger charge is -2.27. The van der Waals surface area contributed by atoms with Gasteiger partial charge in [-0.05, 0) is 49.2 Å². The minimum atomic E-state index is -4.03. The number of aromatic nitrogens is 2. The molecule has 0 spiro atoms. The van der Waals surface area contributed by atoms with E-state index in [-0.39, 0.29) is 36.4 Å². The standard InChI is InChI=1S/C23H21BrCl2N4O4S/c1-23(11-14-2-4-15(24)5-3-14)21(32)29(18-9-16(25)8-17(26)10-18)22-27-12-20(30(22)23)35(33,34)28-7-6-19(31)13-28/h2-5,8-10,12,19,31H,6-7,11,13H2,1H3. The molecule has 12 heteroatoms. The highest BCUT2D eigenvalue weighted by Gasteiger charge is 2.52. The summed E-state index contributed by atoms with van der Waals surface area (Å²) in [6, 6.07) is 12.2. The van der Waals surface area contributed by atoms with Gasteiger partial charge in [-0.15, -0.1) is 0 Å². The summed E-state index contributed by atoms with van der Waals surface area (Å²) >= 11 is 15.8. The number of halogens is 3. The van der Waals surface area contributed by atoms with E-state index in [9.17, 15) is 18.3 Å². The maximum Gasteiger partial charge on any atom is 0.260 e. The molecule has 184 valence electrons. The van der Waals surface area contributed by atoms with Crippen molar-refractivity contribution in [2.24, 2.45) is 0 Å². The van der Waals surface area contributed by atoms with Crippen molar-refractivity contribution < 1.29 is 18.3 Å². The fourth-order valence-electron chi connectivity index (χ4n) is 4.67. The molecule has 2 unspecified atom stereocenters. The van der Waals surface area contributed by atoms with E-state index in [0.29, 0.717) is 22.2 Å². The zero-order valence-electron chi connectivity index (χ0n) is 18.5. The summed E-state index contributed by atoms with van der Waals surface area (Å²) in [5, 5.41) is 10.5. The average Bonchev–Trinajstić information content (AvgIpc) is 3.46. The number of imidazole rings is 1. The molecule has 0 saturated carbocycles. The van der Waals surface area contributed by atoms with Crippen molar-refractivity contribution in [1.29, 1.82) is 0 Å². The largest absolute Gasteiger partial charge is 0.392 e. The lowest BCUT2D eigenvalue weighted by atomic mass is 9.92. The Morgan fingerprint density at radius 2 is 1.83 bits per heavy atom. The number of carbonyl (C=O) groups is 1. The van der Waals surface area contributed by atoms with Gasteiger partial charge in [-0.1, -0.05) is 51.3 Å². The Labute approximate surface area is 221 Å². The summed E-state index contributed by atoms with van der Waals surface area (Å²) in [7, 11) is -4.03. The zero-order valence-corrected chi connectivity index (χ0v) is 22.4. The lowest BCUT2D eigenvalue weighted by Crippen LogP contribution is -2.43. The minimum Gasteiger partial charge on any atom is -0.392 e. The number of hydrogen-bond donors (Lipinski definition) is 1. The van der Waals surface area contributed by atoms with E-state index in [1.54, 1.807) is 25.1 Å². The van der Waals surface area contributed by atoms with E-state index in [4.69, 9.17) is 23.2 Å². The molecule has 1 saturated heterocycles. The molecule has 0 bridgehead atoms. The van der Waals surface area contributed by atoms with Crippen LogP contribution in [0.3, 0.4) is 0 Å². The van der Waals surface area contributed by atoms with Gasteiger partial charge in [0.2, 0.25) is 5.95 Å². The van der Waals surface area contributed by atoms with Gasteiger partial charge in [-0.2, -0.15) is 4.31 Å². The van der Waals surface area contributed by atoms with Gasteiger partial charge in [0, 0.05) is 34.0 Å². The molecule has 5 rings (SSSR count). The third kappa shape index (κ3) is 4.20. The number of amides is 1. The number of hydrogen-bond acceptors (Lipinski definition) is 5. The summed E-state index contributed by atoms with van der Waals surface area (Å²) in [5.74, 6) is -0.203. The van der Waals surface area contributed by atoms with Crippen LogP contribution in [-0.4, -0.2) is 52.5 Å². The molecule has 8 nitrogen and oxygen atoms in total. The smallest absolute Gasteiger partial charge is 0.260 e. The summed E-state index contributed by atoms with van der Waals surface area (Å²) in [4.78, 5) is 19.7. The number of benzene rings is 2. The first-order valence-electron chi connectivity index (χ1n) is 10.8. The van der Waals surface area contributed by atoms with Gasteiger partial charge in [-0.25, -0.2) is 18.3 Å². The lowest BCUT2D eigenvalue weighted by molar-refractivity contribution is -0.124. The number of sulfonamides is 1. The Morgan fingerprint density at radius 3 is 2.43 bits per heavy atom. The molecule has 1 fully saturated rings. The predicted octanol–water partition coefficient (Wildman–Crippen LogP) is 4.34. The molecule has 2 aliphatic heterocycles. The number of aliphatic hydroxyl groups excluding tert-OH is 1. The third-order valence-corrected chi connectivity index (χ3v) is 9.16. The highest BCUT2D eigenvalue weighted by Crippen LogP contribution is 2.45. The average molecular weight is 600 g/mol. The van der Waals surface area contributed by atoms with Crippen LogP contribution in [0.1, 0.15) is 18.9 Å². The quantitative estimate of drug-likeness (QED) is 0.471. The molecule has 3 aromatic rings. The molecular formula is C23H21BrCl2N4O4S. The molecule has 0 radical (unpaired) electrons. The van der Waals surface area contributed by atoms with Crippen LogP contribution in [0.25, 0.3) is 0 Å². The summed E-state index contributed by atoms with van der Waals surface area (Å²) in [6.07, 6.45) is 1.11. The first kappa shape index (κ1) is 24.7. The van der Waals surface area contributed by atoms with Gasteiger partial charge < -0.3 is 5.11 Å². The van der Waals surface area contributed by atoms with E-state index in [2.05, 4.69) is 20.9 Å². The van der Waals surface area contributed by atoms with Crippen molar-refractivity contribution >= 4 is 66.7 Å². The first-order valence-corrected chi connectivity index (χ1v) is 13.8. The fraction of sp³-hybridized carbons (Fsp3) is 0.304. The molecule has 2 atom stereocenters. The molecule has 2 aliphatic rings. The normalized spacial score (nSPS) is 22.7. The van der Waals surface area contributed by atoms with Gasteiger partial charge in [0.15, 0.2) is 5.03 Å². The van der Waals surface area contributed by atoms with Crippen LogP contribution in [0.4, 0.5) is 11.6 Å². The number of rotatable bonds is 5. The van der Waals surface area contributed by atoms with Crippen LogP contribution >= 0.6 is 39.1 Å². The highest BCUT2D eigenvalue weighted by atomic mass is 79.9. The minimum absolute atomic E-state index is 0.00612. The van der Waals surface area contributed by atoms with Crippen molar-refractivity contribution in [1.82, 2.24) is 13.9 Å². The van der Waals surface area contributed by atoms with Crippen molar-refractivity contribution in [3.63, 3.8) is 0 Å². The maximum absolute atomic E-state index is 14.0. The number of aliphatic hydroxyl groups is 1. The van der Waals surface area contributed by atoms with Crippen molar-refractivity contribution in [2.75, 3.05) is 18.0 Å². The van der Waals surface area contributed by atoms with Crippen LogP contribution in [0, 0.1) is 0 Å². The van der Waals surface area contributed by atoms with Gasteiger partial charge in [-0.3, -0.25) is 9.36 Å². The van der Waals surface area contributed by atoms with Crippen LogP contribution in [0.15, 0.2) is 58.2 Å². The van der Waals surface area contributed by atoms with E-state index >= 15 is 0 Å². The molecule has 3 heterocycles. The Hall–Kier alpha value is -1.95. The molecule has 1 aromatic heterocycles. The second-order valence-electron chi connectivity index (χ2n) is 8.88. The number of fused-ring (bicyclic) bond motifs is 1. The summed E-state index contributed by atoms with van der Waals surface area (Å²) < 4.78 is 30.8.